The Morgan fingerprint density at radius 2 is 1.86 bits per heavy atom. The van der Waals surface area contributed by atoms with Crippen molar-refractivity contribution in [1.82, 2.24) is 5.32 Å². The lowest BCUT2D eigenvalue weighted by molar-refractivity contribution is -0.170. The molecule has 6 heteroatoms. The van der Waals surface area contributed by atoms with E-state index in [-0.39, 0.29) is 12.8 Å². The quantitative estimate of drug-likeness (QED) is 0.709. The van der Waals surface area contributed by atoms with Gasteiger partial charge in [-0.25, -0.2) is 0 Å². The molecule has 1 rings (SSSR count). The molecule has 0 unspecified atom stereocenters. The van der Waals surface area contributed by atoms with Crippen molar-refractivity contribution in [2.75, 3.05) is 0 Å². The van der Waals surface area contributed by atoms with Crippen molar-refractivity contribution < 1.29 is 22.8 Å². The maximum atomic E-state index is 12.3. The molecule has 0 saturated heterocycles. The van der Waals surface area contributed by atoms with Crippen LogP contribution in [-0.2, 0) is 9.59 Å². The minimum absolute atomic E-state index is 0.0971. The zero-order chi connectivity index (χ0) is 11.0. The van der Waals surface area contributed by atoms with Crippen molar-refractivity contribution >= 4 is 11.7 Å². The molecule has 0 spiro atoms. The molecule has 0 aromatic carbocycles. The van der Waals surface area contributed by atoms with E-state index >= 15 is 0 Å². The summed E-state index contributed by atoms with van der Waals surface area (Å²) < 4.78 is 36.9. The summed E-state index contributed by atoms with van der Waals surface area (Å²) in [6.45, 7) is 1.16. The van der Waals surface area contributed by atoms with Gasteiger partial charge in [0.25, 0.3) is 0 Å². The first-order chi connectivity index (χ1) is 6.27. The van der Waals surface area contributed by atoms with Crippen molar-refractivity contribution in [2.45, 2.75) is 37.9 Å². The number of hydrogen-bond donors (Lipinski definition) is 1. The number of nitrogens with one attached hydrogen (secondary N) is 1. The Hall–Kier alpha value is -1.07. The zero-order valence-electron chi connectivity index (χ0n) is 7.57. The van der Waals surface area contributed by atoms with Gasteiger partial charge in [0.05, 0.1) is 6.42 Å². The number of halogens is 3. The fraction of sp³-hybridized carbons (Fsp3) is 0.750. The van der Waals surface area contributed by atoms with E-state index in [0.717, 1.165) is 6.92 Å². The van der Waals surface area contributed by atoms with Crippen LogP contribution in [0.2, 0.25) is 0 Å². The average Bonchev–Trinajstić information content (AvgIpc) is 2.64. The summed E-state index contributed by atoms with van der Waals surface area (Å²) in [7, 11) is 0. The molecule has 3 nitrogen and oxygen atoms in total. The van der Waals surface area contributed by atoms with E-state index in [1.54, 1.807) is 0 Å². The molecule has 1 fully saturated rings. The Balaban J connectivity index is 2.53. The number of rotatable bonds is 3. The average molecular weight is 209 g/mol. The van der Waals surface area contributed by atoms with E-state index in [1.807, 2.05) is 5.32 Å². The minimum Gasteiger partial charge on any atom is -0.342 e. The lowest BCUT2D eigenvalue weighted by Gasteiger charge is -2.20. The van der Waals surface area contributed by atoms with Gasteiger partial charge in [-0.05, 0) is 19.8 Å². The zero-order valence-corrected chi connectivity index (χ0v) is 7.57. The third-order valence-electron chi connectivity index (χ3n) is 2.08. The standard InChI is InChI=1S/C8H10F3NO2/c1-5(13)4-6(14)12-7(2-3-7)8(9,10)11/h2-4H2,1H3,(H,12,14). The maximum Gasteiger partial charge on any atom is 0.411 e. The second kappa shape index (κ2) is 3.25. The van der Waals surface area contributed by atoms with Crippen LogP contribution in [-0.4, -0.2) is 23.4 Å². The minimum atomic E-state index is -4.42. The van der Waals surface area contributed by atoms with Crippen LogP contribution in [0.1, 0.15) is 26.2 Å². The molecule has 1 N–H and O–H groups in total. The summed E-state index contributed by atoms with van der Waals surface area (Å²) in [4.78, 5) is 21.4. The molecule has 1 aliphatic carbocycles. The predicted octanol–water partition coefficient (Wildman–Crippen LogP) is 1.18. The Labute approximate surface area is 78.7 Å². The fourth-order valence-electron chi connectivity index (χ4n) is 1.14. The van der Waals surface area contributed by atoms with E-state index < -0.39 is 29.8 Å². The van der Waals surface area contributed by atoms with Crippen molar-refractivity contribution in [3.05, 3.63) is 0 Å². The summed E-state index contributed by atoms with van der Waals surface area (Å²) in [5, 5.41) is 1.85. The van der Waals surface area contributed by atoms with Gasteiger partial charge in [0.15, 0.2) is 0 Å². The van der Waals surface area contributed by atoms with Gasteiger partial charge in [-0.3, -0.25) is 9.59 Å². The Bertz CT molecular complexity index is 268. The van der Waals surface area contributed by atoms with Crippen molar-refractivity contribution in [2.24, 2.45) is 0 Å². The normalized spacial score (nSPS) is 18.9. The van der Waals surface area contributed by atoms with E-state index in [9.17, 15) is 22.8 Å². The van der Waals surface area contributed by atoms with Gasteiger partial charge in [-0.1, -0.05) is 0 Å². The SMILES string of the molecule is CC(=O)CC(=O)NC1(C(F)(F)F)CC1. The number of carbonyl (C=O) groups excluding carboxylic acids is 2. The van der Waals surface area contributed by atoms with Crippen LogP contribution >= 0.6 is 0 Å². The third kappa shape index (κ3) is 2.24. The fourth-order valence-corrected chi connectivity index (χ4v) is 1.14. The van der Waals surface area contributed by atoms with Crippen molar-refractivity contribution in [3.8, 4) is 0 Å². The lowest BCUT2D eigenvalue weighted by atomic mass is 10.2. The molecule has 1 aliphatic rings. The number of ketones is 1. The maximum absolute atomic E-state index is 12.3. The Morgan fingerprint density at radius 1 is 1.36 bits per heavy atom. The molecule has 1 saturated carbocycles. The molecule has 0 heterocycles. The van der Waals surface area contributed by atoms with Crippen molar-refractivity contribution in [3.63, 3.8) is 0 Å². The summed E-state index contributed by atoms with van der Waals surface area (Å²) in [6.07, 6.45) is -5.10. The van der Waals surface area contributed by atoms with Crippen LogP contribution in [0.3, 0.4) is 0 Å². The van der Waals surface area contributed by atoms with E-state index in [1.165, 1.54) is 0 Å². The highest BCUT2D eigenvalue weighted by Crippen LogP contribution is 2.48. The van der Waals surface area contributed by atoms with Gasteiger partial charge >= 0.3 is 6.18 Å². The number of hydrogen-bond acceptors (Lipinski definition) is 2. The van der Waals surface area contributed by atoms with Crippen LogP contribution in [0.5, 0.6) is 0 Å². The number of carbonyl (C=O) groups is 2. The smallest absolute Gasteiger partial charge is 0.342 e. The van der Waals surface area contributed by atoms with Crippen LogP contribution in [0.15, 0.2) is 0 Å². The highest BCUT2D eigenvalue weighted by molar-refractivity contribution is 5.97. The molecule has 0 aliphatic heterocycles. The Morgan fingerprint density at radius 3 is 2.14 bits per heavy atom. The van der Waals surface area contributed by atoms with Gasteiger partial charge in [-0.15, -0.1) is 0 Å². The third-order valence-corrected chi connectivity index (χ3v) is 2.08. The number of alkyl halides is 3. The second-order valence-corrected chi connectivity index (χ2v) is 3.51. The van der Waals surface area contributed by atoms with Gasteiger partial charge in [0.1, 0.15) is 11.3 Å². The molecule has 80 valence electrons. The van der Waals surface area contributed by atoms with Crippen molar-refractivity contribution in [1.29, 1.82) is 0 Å². The highest BCUT2D eigenvalue weighted by atomic mass is 19.4. The molecule has 14 heavy (non-hydrogen) atoms. The monoisotopic (exact) mass is 209 g/mol. The molecular formula is C8H10F3NO2. The summed E-state index contributed by atoms with van der Waals surface area (Å²) in [5.41, 5.74) is -2.06. The highest BCUT2D eigenvalue weighted by Gasteiger charge is 2.64. The van der Waals surface area contributed by atoms with E-state index in [4.69, 9.17) is 0 Å². The van der Waals surface area contributed by atoms with Gasteiger partial charge < -0.3 is 5.32 Å². The molecule has 0 atom stereocenters. The van der Waals surface area contributed by atoms with Crippen LogP contribution < -0.4 is 5.32 Å². The first-order valence-corrected chi connectivity index (χ1v) is 4.14. The largest absolute Gasteiger partial charge is 0.411 e. The van der Waals surface area contributed by atoms with Gasteiger partial charge in [0.2, 0.25) is 5.91 Å². The summed E-state index contributed by atoms with van der Waals surface area (Å²) >= 11 is 0. The number of amides is 1. The first kappa shape index (κ1) is 11.0. The first-order valence-electron chi connectivity index (χ1n) is 4.14. The lowest BCUT2D eigenvalue weighted by Crippen LogP contribution is -2.48. The molecular weight excluding hydrogens is 199 g/mol. The molecule has 0 aromatic heterocycles. The predicted molar refractivity (Wildman–Crippen MR) is 41.5 cm³/mol. The number of Topliss-reactive ketones (excluding diaryl/α,β-unsaturated/α-hetero) is 1. The van der Waals surface area contributed by atoms with Gasteiger partial charge in [-0.2, -0.15) is 13.2 Å². The second-order valence-electron chi connectivity index (χ2n) is 3.51. The molecule has 1 amide bonds. The molecule has 0 aromatic rings. The van der Waals surface area contributed by atoms with E-state index in [0.29, 0.717) is 0 Å². The van der Waals surface area contributed by atoms with Crippen LogP contribution in [0, 0.1) is 0 Å². The van der Waals surface area contributed by atoms with Crippen LogP contribution in [0.4, 0.5) is 13.2 Å². The topological polar surface area (TPSA) is 46.2 Å². The Kier molecular flexibility index (Phi) is 2.56. The van der Waals surface area contributed by atoms with Crippen LogP contribution in [0.25, 0.3) is 0 Å². The van der Waals surface area contributed by atoms with E-state index in [2.05, 4.69) is 0 Å². The summed E-state index contributed by atoms with van der Waals surface area (Å²) in [5.74, 6) is -1.30. The molecule has 0 bridgehead atoms. The van der Waals surface area contributed by atoms with Gasteiger partial charge in [0, 0.05) is 0 Å². The molecule has 0 radical (unpaired) electrons. The summed E-state index contributed by atoms with van der Waals surface area (Å²) in [6, 6.07) is 0.